The lowest BCUT2D eigenvalue weighted by atomic mass is 10.0. The highest BCUT2D eigenvalue weighted by Crippen LogP contribution is 2.43. The van der Waals surface area contributed by atoms with Crippen LogP contribution in [0.5, 0.6) is 0 Å². The Morgan fingerprint density at radius 2 is 1.07 bits per heavy atom. The number of allylic oxidation sites excluding steroid dienone is 4. The van der Waals surface area contributed by atoms with Crippen LogP contribution in [0.2, 0.25) is 0 Å². The number of hydrogen-bond acceptors (Lipinski definition) is 11. The summed E-state index contributed by atoms with van der Waals surface area (Å²) >= 11 is 0. The van der Waals surface area contributed by atoms with Crippen molar-refractivity contribution in [2.75, 3.05) is 26.4 Å². The van der Waals surface area contributed by atoms with E-state index in [1.54, 1.807) is 12.2 Å². The third-order valence-electron chi connectivity index (χ3n) is 9.49. The zero-order valence-corrected chi connectivity index (χ0v) is 38.3. The summed E-state index contributed by atoms with van der Waals surface area (Å²) in [4.78, 5) is 64.5. The molecule has 0 saturated carbocycles. The van der Waals surface area contributed by atoms with Gasteiger partial charge < -0.3 is 29.3 Å². The Hall–Kier alpha value is -1.73. The van der Waals surface area contributed by atoms with Crippen molar-refractivity contribution in [1.82, 2.24) is 0 Å². The van der Waals surface area contributed by atoms with Crippen molar-refractivity contribution < 1.29 is 66.3 Å². The summed E-state index contributed by atoms with van der Waals surface area (Å²) in [5.74, 6) is -0.141. The van der Waals surface area contributed by atoms with Crippen molar-refractivity contribution in [2.45, 2.75) is 200 Å². The number of hydrogen-bond donors (Lipinski definition) is 4. The molecule has 0 amide bonds. The number of rotatable bonds is 42. The highest BCUT2D eigenvalue weighted by atomic mass is 31.2. The molecule has 0 spiro atoms. The third-order valence-corrected chi connectivity index (χ3v) is 10.9. The van der Waals surface area contributed by atoms with Crippen LogP contribution in [0.15, 0.2) is 24.3 Å². The molecule has 0 heterocycles. The van der Waals surface area contributed by atoms with Crippen LogP contribution >= 0.6 is 15.6 Å². The molecule has 4 N–H and O–H groups in total. The van der Waals surface area contributed by atoms with Gasteiger partial charge in [0.1, 0.15) is 12.7 Å². The fraction of sp³-hybridized carbons (Fsp3) is 0.837. The van der Waals surface area contributed by atoms with Gasteiger partial charge in [0.05, 0.1) is 19.8 Å². The Bertz CT molecular complexity index is 1220. The third kappa shape index (κ3) is 42.7. The average Bonchev–Trinajstić information content (AvgIpc) is 3.17. The maximum atomic E-state index is 12.7. The maximum Gasteiger partial charge on any atom is 0.472 e. The first-order chi connectivity index (χ1) is 28.1. The van der Waals surface area contributed by atoms with Gasteiger partial charge in [0.15, 0.2) is 11.9 Å². The van der Waals surface area contributed by atoms with Gasteiger partial charge in [0.25, 0.3) is 0 Å². The molecule has 59 heavy (non-hydrogen) atoms. The smallest absolute Gasteiger partial charge is 0.462 e. The number of carbonyl (C=O) groups is 3. The molecule has 0 aliphatic heterocycles. The second-order valence-corrected chi connectivity index (χ2v) is 18.5. The minimum absolute atomic E-state index is 0.0824. The number of aliphatic hydroxyl groups excluding tert-OH is 1. The molecule has 0 bridgehead atoms. The van der Waals surface area contributed by atoms with Crippen molar-refractivity contribution in [2.24, 2.45) is 5.92 Å². The van der Waals surface area contributed by atoms with Crippen LogP contribution in [0.1, 0.15) is 188 Å². The summed E-state index contributed by atoms with van der Waals surface area (Å²) < 4.78 is 47.7. The Morgan fingerprint density at radius 3 is 1.63 bits per heavy atom. The molecule has 0 aromatic carbocycles. The van der Waals surface area contributed by atoms with Gasteiger partial charge in [-0.3, -0.25) is 28.0 Å². The van der Waals surface area contributed by atoms with Gasteiger partial charge in [-0.1, -0.05) is 155 Å². The van der Waals surface area contributed by atoms with E-state index in [4.69, 9.17) is 23.8 Å². The molecule has 346 valence electrons. The fourth-order valence-corrected chi connectivity index (χ4v) is 7.20. The predicted octanol–water partition coefficient (Wildman–Crippen LogP) is 10.5. The molecule has 0 aliphatic rings. The van der Waals surface area contributed by atoms with Crippen LogP contribution < -0.4 is 0 Å². The standard InChI is InChI=1S/C43H80O14P2/c1-4-5-24-30-39(44)31-26-21-17-13-11-15-19-23-28-33-43(47)57-41(37-56-59(51,52)55-35-40(45)34-54-58(48,49)50)36-53-42(46)32-27-22-18-14-10-8-6-7-9-12-16-20-25-29-38(2)3/h17,21,26,31,38,40-41,45H,4-16,18-20,22-25,27-30,32-37H2,1-3H3,(H,51,52)(H2,48,49,50)/b21-17-,31-26+/t40-,41+/m0/s1. The first kappa shape index (κ1) is 57.3. The van der Waals surface area contributed by atoms with E-state index in [1.807, 2.05) is 12.2 Å². The Morgan fingerprint density at radius 1 is 0.576 bits per heavy atom. The quantitative estimate of drug-likeness (QED) is 0.0148. The van der Waals surface area contributed by atoms with Crippen LogP contribution in [-0.2, 0) is 46.6 Å². The molecule has 16 heteroatoms. The SMILES string of the molecule is CCCCCC(=O)/C=C/C=C\CCCCCCCC(=O)O[C@H](COC(=O)CCCCCCCCCCCCCCCC(C)C)COP(=O)(O)OC[C@@H](O)COP(=O)(O)O. The number of phosphoric ester groups is 2. The fourth-order valence-electron chi connectivity index (χ4n) is 6.04. The molecule has 14 nitrogen and oxygen atoms in total. The van der Waals surface area contributed by atoms with Crippen LogP contribution in [0.3, 0.4) is 0 Å². The summed E-state index contributed by atoms with van der Waals surface area (Å²) in [6.45, 7) is 3.89. The largest absolute Gasteiger partial charge is 0.472 e. The monoisotopic (exact) mass is 883 g/mol. The summed E-state index contributed by atoms with van der Waals surface area (Å²) in [6.07, 6.45) is 30.1. The molecule has 0 aromatic rings. The van der Waals surface area contributed by atoms with E-state index >= 15 is 0 Å². The van der Waals surface area contributed by atoms with Gasteiger partial charge >= 0.3 is 27.6 Å². The molecule has 1 unspecified atom stereocenters. The number of esters is 2. The van der Waals surface area contributed by atoms with Crippen molar-refractivity contribution in [1.29, 1.82) is 0 Å². The number of carbonyl (C=O) groups excluding carboxylic acids is 3. The number of ketones is 1. The van der Waals surface area contributed by atoms with Gasteiger partial charge in [-0.15, -0.1) is 0 Å². The van der Waals surface area contributed by atoms with E-state index < -0.39 is 66.2 Å². The molecular weight excluding hydrogens is 802 g/mol. The lowest BCUT2D eigenvalue weighted by Crippen LogP contribution is -2.30. The van der Waals surface area contributed by atoms with Crippen molar-refractivity contribution in [3.05, 3.63) is 24.3 Å². The minimum atomic E-state index is -4.87. The molecular formula is C43H80O14P2. The van der Waals surface area contributed by atoms with E-state index in [0.29, 0.717) is 19.3 Å². The van der Waals surface area contributed by atoms with Crippen LogP contribution in [0.25, 0.3) is 0 Å². The maximum absolute atomic E-state index is 12.7. The lowest BCUT2D eigenvalue weighted by Gasteiger charge is -2.20. The van der Waals surface area contributed by atoms with Crippen molar-refractivity contribution >= 4 is 33.4 Å². The predicted molar refractivity (Wildman–Crippen MR) is 230 cm³/mol. The Kier molecular flexibility index (Phi) is 36.9. The normalized spacial score (nSPS) is 14.2. The highest BCUT2D eigenvalue weighted by Gasteiger charge is 2.28. The van der Waals surface area contributed by atoms with Gasteiger partial charge in [-0.05, 0) is 44.1 Å². The molecule has 3 atom stereocenters. The van der Waals surface area contributed by atoms with Gasteiger partial charge in [0.2, 0.25) is 0 Å². The van der Waals surface area contributed by atoms with E-state index in [0.717, 1.165) is 76.5 Å². The number of ether oxygens (including phenoxy) is 2. The second-order valence-electron chi connectivity index (χ2n) is 15.8. The van der Waals surface area contributed by atoms with Gasteiger partial charge in [0, 0.05) is 19.3 Å². The summed E-state index contributed by atoms with van der Waals surface area (Å²) in [5, 5.41) is 9.74. The van der Waals surface area contributed by atoms with E-state index in [1.165, 1.54) is 64.2 Å². The Labute approximate surface area is 355 Å². The summed E-state index contributed by atoms with van der Waals surface area (Å²) in [7, 11) is -9.70. The van der Waals surface area contributed by atoms with Gasteiger partial charge in [-0.25, -0.2) is 9.13 Å². The van der Waals surface area contributed by atoms with E-state index in [-0.39, 0.29) is 18.6 Å². The number of aliphatic hydroxyl groups is 1. The molecule has 0 fully saturated rings. The first-order valence-corrected chi connectivity index (χ1v) is 25.4. The lowest BCUT2D eigenvalue weighted by molar-refractivity contribution is -0.161. The molecule has 0 radical (unpaired) electrons. The van der Waals surface area contributed by atoms with Crippen molar-refractivity contribution in [3.8, 4) is 0 Å². The average molecular weight is 883 g/mol. The zero-order chi connectivity index (χ0) is 44.0. The summed E-state index contributed by atoms with van der Waals surface area (Å²) in [5.41, 5.74) is 0. The topological polar surface area (TPSA) is 212 Å². The Balaban J connectivity index is 4.55. The number of phosphoric acid groups is 2. The second kappa shape index (κ2) is 38.0. The first-order valence-electron chi connectivity index (χ1n) is 22.3. The summed E-state index contributed by atoms with van der Waals surface area (Å²) in [6, 6.07) is 0. The number of unbranched alkanes of at least 4 members (excludes halogenated alkanes) is 19. The molecule has 0 aliphatic carbocycles. The molecule has 0 saturated heterocycles. The minimum Gasteiger partial charge on any atom is -0.462 e. The highest BCUT2D eigenvalue weighted by molar-refractivity contribution is 7.47. The van der Waals surface area contributed by atoms with Crippen LogP contribution in [0.4, 0.5) is 0 Å². The van der Waals surface area contributed by atoms with E-state index in [9.17, 15) is 33.5 Å². The van der Waals surface area contributed by atoms with Crippen LogP contribution in [-0.4, -0.2) is 76.1 Å². The van der Waals surface area contributed by atoms with Crippen LogP contribution in [0, 0.1) is 5.92 Å². The molecule has 0 aromatic heterocycles. The zero-order valence-electron chi connectivity index (χ0n) is 36.5. The van der Waals surface area contributed by atoms with E-state index in [2.05, 4.69) is 29.8 Å². The molecule has 0 rings (SSSR count). The van der Waals surface area contributed by atoms with Gasteiger partial charge in [-0.2, -0.15) is 0 Å². The van der Waals surface area contributed by atoms with Crippen molar-refractivity contribution in [3.63, 3.8) is 0 Å².